The zero-order valence-corrected chi connectivity index (χ0v) is 33.4. The Balaban J connectivity index is 1.32. The lowest BCUT2D eigenvalue weighted by Crippen LogP contribution is -2.60. The molecule has 14 heteroatoms. The van der Waals surface area contributed by atoms with Gasteiger partial charge in [-0.25, -0.2) is 13.4 Å². The summed E-state index contributed by atoms with van der Waals surface area (Å²) in [6, 6.07) is 15.9. The Morgan fingerprint density at radius 3 is 2.27 bits per heavy atom. The van der Waals surface area contributed by atoms with Crippen molar-refractivity contribution in [1.29, 1.82) is 0 Å². The number of amides is 4. The number of likely N-dealkylation sites (tertiary alicyclic amines) is 2. The monoisotopic (exact) mass is 775 g/mol. The molecule has 296 valence electrons. The summed E-state index contributed by atoms with van der Waals surface area (Å²) in [6.45, 7) is 9.92. The molecule has 0 bridgehead atoms. The molecule has 0 spiro atoms. The van der Waals surface area contributed by atoms with Crippen LogP contribution in [-0.4, -0.2) is 96.5 Å². The Kier molecular flexibility index (Phi) is 11.5. The first-order chi connectivity index (χ1) is 26.0. The molecule has 2 aliphatic heterocycles. The minimum atomic E-state index is -3.87. The predicted octanol–water partition coefficient (Wildman–Crippen LogP) is 4.83. The Hall–Kier alpha value is -4.72. The molecule has 3 aromatic rings. The zero-order chi connectivity index (χ0) is 39.7. The van der Waals surface area contributed by atoms with E-state index in [4.69, 9.17) is 14.5 Å². The van der Waals surface area contributed by atoms with Crippen molar-refractivity contribution in [1.82, 2.24) is 24.8 Å². The third-order valence-electron chi connectivity index (χ3n) is 10.8. The number of ether oxygens (including phenoxy) is 2. The molecule has 3 heterocycles. The number of sulfonamides is 1. The molecule has 2 aromatic carbocycles. The quantitative estimate of drug-likeness (QED) is 0.263. The molecule has 3 aliphatic rings. The first kappa shape index (κ1) is 40.0. The number of hydrogen-bond donors (Lipinski definition) is 2. The number of nitrogens with zero attached hydrogens (tertiary/aromatic N) is 3. The predicted molar refractivity (Wildman–Crippen MR) is 209 cm³/mol. The van der Waals surface area contributed by atoms with E-state index in [2.05, 4.69) is 10.0 Å². The maximum atomic E-state index is 14.8. The number of hydrogen-bond acceptors (Lipinski definition) is 9. The lowest BCUT2D eigenvalue weighted by atomic mass is 9.77. The van der Waals surface area contributed by atoms with Gasteiger partial charge >= 0.3 is 0 Å². The average Bonchev–Trinajstić information content (AvgIpc) is 3.94. The summed E-state index contributed by atoms with van der Waals surface area (Å²) in [5, 5.41) is 2.81. The fourth-order valence-corrected chi connectivity index (χ4v) is 8.73. The van der Waals surface area contributed by atoms with E-state index < -0.39 is 56.1 Å². The van der Waals surface area contributed by atoms with Gasteiger partial charge in [0, 0.05) is 49.0 Å². The fraction of sp³-hybridized carbons (Fsp3) is 0.537. The molecule has 3 fully saturated rings. The molecule has 2 saturated heterocycles. The van der Waals surface area contributed by atoms with Gasteiger partial charge in [-0.05, 0) is 63.5 Å². The van der Waals surface area contributed by atoms with E-state index in [1.54, 1.807) is 7.11 Å². The van der Waals surface area contributed by atoms with Crippen molar-refractivity contribution in [3.8, 4) is 22.8 Å². The second kappa shape index (κ2) is 15.8. The van der Waals surface area contributed by atoms with Crippen LogP contribution in [0.3, 0.4) is 0 Å². The van der Waals surface area contributed by atoms with Crippen molar-refractivity contribution in [3.05, 3.63) is 54.6 Å². The Labute approximate surface area is 323 Å². The van der Waals surface area contributed by atoms with Gasteiger partial charge in [0.05, 0.1) is 36.0 Å². The molecule has 1 aliphatic carbocycles. The van der Waals surface area contributed by atoms with Gasteiger partial charge < -0.3 is 24.6 Å². The molecule has 1 aromatic heterocycles. The van der Waals surface area contributed by atoms with Crippen LogP contribution in [0.5, 0.6) is 11.5 Å². The smallest absolute Gasteiger partial charge is 0.258 e. The van der Waals surface area contributed by atoms with Gasteiger partial charge in [0.1, 0.15) is 29.2 Å². The van der Waals surface area contributed by atoms with Crippen molar-refractivity contribution >= 4 is 44.6 Å². The standard InChI is InChI=1S/C41H53N5O8S/c1-40(2,3)31(23-36(47)45-19-11-8-12-20-45)38(49)46-25-28(22-34(46)37(48)43-41(4,5)39(50)44-55(51,52)29-16-17-29)54-35-24-32(26-13-9-7-10-14-26)42-33-21-27(53-6)15-18-30(33)35/h7,9-10,13-15,18,21,24,28-29,31,34H,8,11-12,16-17,19-20,22-23,25H2,1-6H3,(H,43,48)(H,44,50)/t28-,31-,34+/m1/s1. The van der Waals surface area contributed by atoms with E-state index in [0.29, 0.717) is 54.0 Å². The van der Waals surface area contributed by atoms with Crippen LogP contribution in [0.2, 0.25) is 0 Å². The van der Waals surface area contributed by atoms with Crippen molar-refractivity contribution in [3.63, 3.8) is 0 Å². The summed E-state index contributed by atoms with van der Waals surface area (Å²) in [7, 11) is -2.29. The third-order valence-corrected chi connectivity index (χ3v) is 12.6. The Morgan fingerprint density at radius 2 is 1.64 bits per heavy atom. The van der Waals surface area contributed by atoms with Crippen LogP contribution in [-0.2, 0) is 29.2 Å². The minimum Gasteiger partial charge on any atom is -0.497 e. The summed E-state index contributed by atoms with van der Waals surface area (Å²) in [5.74, 6) is -1.59. The lowest BCUT2D eigenvalue weighted by molar-refractivity contribution is -0.149. The van der Waals surface area contributed by atoms with Crippen molar-refractivity contribution in [2.75, 3.05) is 26.7 Å². The molecule has 3 atom stereocenters. The van der Waals surface area contributed by atoms with Crippen LogP contribution in [0.15, 0.2) is 54.6 Å². The third kappa shape index (κ3) is 9.22. The SMILES string of the molecule is COc1ccc2c(O[C@@H]3C[C@@H](C(=O)NC(C)(C)C(=O)NS(=O)(=O)C4CC4)N(C(=O)[C@@H](CC(=O)N4CCCCC4)C(C)(C)C)C3)cc(-c3ccccc3)nc2c1. The van der Waals surface area contributed by atoms with E-state index in [-0.39, 0.29) is 31.2 Å². The zero-order valence-electron chi connectivity index (χ0n) is 32.6. The number of fused-ring (bicyclic) bond motifs is 1. The molecule has 6 rings (SSSR count). The molecule has 55 heavy (non-hydrogen) atoms. The normalized spacial score (nSPS) is 19.8. The number of carbonyl (C=O) groups is 4. The minimum absolute atomic E-state index is 0.0110. The second-order valence-electron chi connectivity index (χ2n) is 16.6. The molecule has 2 N–H and O–H groups in total. The van der Waals surface area contributed by atoms with Gasteiger partial charge in [-0.1, -0.05) is 51.1 Å². The van der Waals surface area contributed by atoms with Gasteiger partial charge in [0.25, 0.3) is 5.91 Å². The van der Waals surface area contributed by atoms with E-state index in [1.165, 1.54) is 18.7 Å². The average molecular weight is 776 g/mol. The largest absolute Gasteiger partial charge is 0.497 e. The van der Waals surface area contributed by atoms with Crippen LogP contribution in [0.25, 0.3) is 22.2 Å². The Bertz CT molecular complexity index is 2040. The van der Waals surface area contributed by atoms with Crippen LogP contribution in [0.4, 0.5) is 0 Å². The number of pyridine rings is 1. The van der Waals surface area contributed by atoms with Crippen molar-refractivity contribution in [2.45, 2.75) is 102 Å². The van der Waals surface area contributed by atoms with Crippen molar-refractivity contribution < 1.29 is 37.1 Å². The van der Waals surface area contributed by atoms with E-state index in [9.17, 15) is 27.6 Å². The highest BCUT2D eigenvalue weighted by Crippen LogP contribution is 2.37. The maximum Gasteiger partial charge on any atom is 0.258 e. The highest BCUT2D eigenvalue weighted by Gasteiger charge is 2.48. The van der Waals surface area contributed by atoms with Crippen LogP contribution in [0.1, 0.15) is 79.6 Å². The summed E-state index contributed by atoms with van der Waals surface area (Å²) >= 11 is 0. The molecule has 0 radical (unpaired) electrons. The molecule has 1 saturated carbocycles. The van der Waals surface area contributed by atoms with Gasteiger partial charge in [0.2, 0.25) is 27.7 Å². The molecule has 4 amide bonds. The summed E-state index contributed by atoms with van der Waals surface area (Å²) in [6.07, 6.45) is 3.24. The van der Waals surface area contributed by atoms with Gasteiger partial charge in [-0.3, -0.25) is 23.9 Å². The number of nitrogens with one attached hydrogen (secondary N) is 2. The van der Waals surface area contributed by atoms with Crippen LogP contribution >= 0.6 is 0 Å². The molecular formula is C41H53N5O8S. The topological polar surface area (TPSA) is 164 Å². The number of carbonyl (C=O) groups excluding carboxylic acids is 4. The van der Waals surface area contributed by atoms with E-state index >= 15 is 0 Å². The van der Waals surface area contributed by atoms with Crippen LogP contribution in [0, 0.1) is 11.3 Å². The molecule has 0 unspecified atom stereocenters. The lowest BCUT2D eigenvalue weighted by Gasteiger charge is -2.37. The number of piperidine rings is 1. The number of benzene rings is 2. The Morgan fingerprint density at radius 1 is 0.945 bits per heavy atom. The first-order valence-electron chi connectivity index (χ1n) is 19.1. The molecule has 13 nitrogen and oxygen atoms in total. The van der Waals surface area contributed by atoms with Gasteiger partial charge in [0.15, 0.2) is 0 Å². The van der Waals surface area contributed by atoms with Crippen LogP contribution < -0.4 is 19.5 Å². The fourth-order valence-electron chi connectivity index (χ4n) is 7.29. The number of rotatable bonds is 12. The number of methoxy groups -OCH3 is 1. The highest BCUT2D eigenvalue weighted by molar-refractivity contribution is 7.91. The van der Waals surface area contributed by atoms with Gasteiger partial charge in [-0.2, -0.15) is 0 Å². The van der Waals surface area contributed by atoms with E-state index in [1.807, 2.05) is 80.3 Å². The number of aromatic nitrogens is 1. The summed E-state index contributed by atoms with van der Waals surface area (Å²) < 4.78 is 39.5. The first-order valence-corrected chi connectivity index (χ1v) is 20.7. The summed E-state index contributed by atoms with van der Waals surface area (Å²) in [4.78, 5) is 64.0. The van der Waals surface area contributed by atoms with Gasteiger partial charge in [-0.15, -0.1) is 0 Å². The molecular weight excluding hydrogens is 723 g/mol. The highest BCUT2D eigenvalue weighted by atomic mass is 32.2. The van der Waals surface area contributed by atoms with E-state index in [0.717, 1.165) is 24.8 Å². The summed E-state index contributed by atoms with van der Waals surface area (Å²) in [5.41, 5.74) is -0.105. The second-order valence-corrected chi connectivity index (χ2v) is 18.6. The van der Waals surface area contributed by atoms with Crippen molar-refractivity contribution in [2.24, 2.45) is 11.3 Å². The maximum absolute atomic E-state index is 14.8.